The molecule has 1 atom stereocenters. The zero-order valence-corrected chi connectivity index (χ0v) is 16.5. The summed E-state index contributed by atoms with van der Waals surface area (Å²) in [4.78, 5) is 11.0. The predicted molar refractivity (Wildman–Crippen MR) is 97.3 cm³/mol. The van der Waals surface area contributed by atoms with Gasteiger partial charge in [-0.05, 0) is 36.2 Å². The van der Waals surface area contributed by atoms with Gasteiger partial charge in [0.2, 0.25) is 19.9 Å². The van der Waals surface area contributed by atoms with Gasteiger partial charge in [-0.2, -0.15) is 4.72 Å². The van der Waals surface area contributed by atoms with Crippen LogP contribution in [-0.2, 0) is 24.7 Å². The first-order valence-electron chi connectivity index (χ1n) is 8.20. The van der Waals surface area contributed by atoms with Gasteiger partial charge in [-0.3, -0.25) is 10.0 Å². The van der Waals surface area contributed by atoms with Crippen molar-refractivity contribution in [3.63, 3.8) is 0 Å². The first-order chi connectivity index (χ1) is 13.1. The third-order valence-electron chi connectivity index (χ3n) is 4.22. The molecule has 0 saturated heterocycles. The number of hydrogen-bond acceptors (Lipinski definition) is 7. The maximum atomic E-state index is 12.9. The lowest BCUT2D eigenvalue weighted by Gasteiger charge is -2.22. The number of fused-ring (bicyclic) bond motifs is 2. The number of carbonyl (C=O) groups excluding carboxylic acids is 1. The molecule has 3 rings (SSSR count). The molecular formula is C17H18N2O7S2. The molecule has 0 spiro atoms. The number of rotatable bonds is 5. The van der Waals surface area contributed by atoms with Crippen molar-refractivity contribution < 1.29 is 31.6 Å². The number of hydrogen-bond donors (Lipinski definition) is 3. The molecule has 1 amide bonds. The topological polar surface area (TPSA) is 139 Å². The van der Waals surface area contributed by atoms with Crippen molar-refractivity contribution in [3.8, 4) is 11.5 Å². The summed E-state index contributed by atoms with van der Waals surface area (Å²) in [6.45, 7) is 3.18. The fourth-order valence-corrected chi connectivity index (χ4v) is 5.71. The van der Waals surface area contributed by atoms with Crippen LogP contribution in [0, 0.1) is 5.92 Å². The van der Waals surface area contributed by atoms with Crippen LogP contribution in [0.3, 0.4) is 0 Å². The number of hydroxylamine groups is 1. The highest BCUT2D eigenvalue weighted by atomic mass is 32.2. The summed E-state index contributed by atoms with van der Waals surface area (Å²) in [5.41, 5.74) is 1.41. The van der Waals surface area contributed by atoms with Crippen molar-refractivity contribution in [1.82, 2.24) is 10.2 Å². The largest absolute Gasteiger partial charge is 0.455 e. The molecule has 2 aromatic rings. The summed E-state index contributed by atoms with van der Waals surface area (Å²) in [7, 11) is -8.25. The monoisotopic (exact) mass is 426 g/mol. The number of para-hydroxylation sites is 1. The van der Waals surface area contributed by atoms with Gasteiger partial charge in [0.25, 0.3) is 5.91 Å². The Balaban J connectivity index is 2.04. The minimum atomic E-state index is -4.26. The Morgan fingerprint density at radius 1 is 1.07 bits per heavy atom. The van der Waals surface area contributed by atoms with Crippen molar-refractivity contribution in [2.24, 2.45) is 5.92 Å². The molecule has 0 aliphatic carbocycles. The quantitative estimate of drug-likeness (QED) is 0.414. The molecule has 11 heteroatoms. The van der Waals surface area contributed by atoms with E-state index in [1.54, 1.807) is 19.9 Å². The van der Waals surface area contributed by atoms with Gasteiger partial charge in [0.05, 0.1) is 4.90 Å². The van der Waals surface area contributed by atoms with Gasteiger partial charge in [0, 0.05) is 0 Å². The number of sulfonamides is 1. The van der Waals surface area contributed by atoms with Crippen LogP contribution in [0.25, 0.3) is 0 Å². The average Bonchev–Trinajstić information content (AvgIpc) is 2.65. The zero-order chi connectivity index (χ0) is 20.7. The van der Waals surface area contributed by atoms with Gasteiger partial charge in [0.1, 0.15) is 27.3 Å². The normalized spacial score (nSPS) is 15.9. The average molecular weight is 426 g/mol. The van der Waals surface area contributed by atoms with E-state index in [2.05, 4.69) is 4.72 Å². The first-order valence-corrected chi connectivity index (χ1v) is 11.2. The van der Waals surface area contributed by atoms with Crippen LogP contribution in [0.1, 0.15) is 13.8 Å². The van der Waals surface area contributed by atoms with E-state index in [-0.39, 0.29) is 26.2 Å². The third kappa shape index (κ3) is 3.49. The van der Waals surface area contributed by atoms with Gasteiger partial charge in [-0.25, -0.2) is 22.3 Å². The molecule has 2 aromatic carbocycles. The summed E-state index contributed by atoms with van der Waals surface area (Å²) in [5, 5.41) is 8.81. The number of nitrogens with one attached hydrogen (secondary N) is 2. The van der Waals surface area contributed by atoms with E-state index in [9.17, 15) is 21.6 Å². The highest BCUT2D eigenvalue weighted by Crippen LogP contribution is 2.43. The van der Waals surface area contributed by atoms with Gasteiger partial charge >= 0.3 is 0 Å². The summed E-state index contributed by atoms with van der Waals surface area (Å²) in [5.74, 6) is -1.24. The van der Waals surface area contributed by atoms with Crippen LogP contribution in [0.2, 0.25) is 0 Å². The Hall–Kier alpha value is -2.47. The Morgan fingerprint density at radius 2 is 1.71 bits per heavy atom. The smallest absolute Gasteiger partial charge is 0.261 e. The molecule has 9 nitrogen and oxygen atoms in total. The van der Waals surface area contributed by atoms with E-state index in [4.69, 9.17) is 9.94 Å². The number of benzene rings is 2. The van der Waals surface area contributed by atoms with Gasteiger partial charge in [0.15, 0.2) is 0 Å². The third-order valence-corrected chi connectivity index (χ3v) is 7.47. The first kappa shape index (κ1) is 20.3. The lowest BCUT2D eigenvalue weighted by molar-refractivity contribution is -0.131. The van der Waals surface area contributed by atoms with Crippen LogP contribution in [0.5, 0.6) is 11.5 Å². The maximum absolute atomic E-state index is 12.9. The molecule has 0 aromatic heterocycles. The van der Waals surface area contributed by atoms with E-state index >= 15 is 0 Å². The predicted octanol–water partition coefficient (Wildman–Crippen LogP) is 1.43. The minimum Gasteiger partial charge on any atom is -0.455 e. The fraction of sp³-hybridized carbons (Fsp3) is 0.235. The van der Waals surface area contributed by atoms with Crippen molar-refractivity contribution in [1.29, 1.82) is 0 Å². The molecule has 150 valence electrons. The zero-order valence-electron chi connectivity index (χ0n) is 14.9. The lowest BCUT2D eigenvalue weighted by atomic mass is 10.1. The summed E-state index contributed by atoms with van der Waals surface area (Å²) in [6, 6.07) is 8.19. The number of carbonyl (C=O) groups is 1. The second kappa shape index (κ2) is 7.17. The molecular weight excluding hydrogens is 408 g/mol. The highest BCUT2D eigenvalue weighted by Gasteiger charge is 2.34. The molecule has 3 N–H and O–H groups in total. The van der Waals surface area contributed by atoms with Crippen LogP contribution in [0.15, 0.2) is 57.2 Å². The Morgan fingerprint density at radius 3 is 2.36 bits per heavy atom. The van der Waals surface area contributed by atoms with Crippen molar-refractivity contribution in [2.75, 3.05) is 0 Å². The molecule has 28 heavy (non-hydrogen) atoms. The summed E-state index contributed by atoms with van der Waals surface area (Å²) in [6.07, 6.45) is 0. The molecule has 1 aliphatic heterocycles. The van der Waals surface area contributed by atoms with E-state index in [0.29, 0.717) is 0 Å². The van der Waals surface area contributed by atoms with Crippen molar-refractivity contribution in [2.45, 2.75) is 34.6 Å². The molecule has 0 radical (unpaired) electrons. The Bertz CT molecular complexity index is 1140. The second-order valence-electron chi connectivity index (χ2n) is 6.48. The molecule has 1 heterocycles. The standard InChI is InChI=1S/C17H18N2O7S2/c1-10(2)16(17(20)18-21)19-28(24,25)11-7-8-13-15(9-11)27(22,23)14-6-4-3-5-12(14)26-13/h3-10,16,19,21H,1-2H3,(H,18,20)/t16-/m0/s1. The number of amides is 1. The lowest BCUT2D eigenvalue weighted by Crippen LogP contribution is -2.48. The molecule has 0 bridgehead atoms. The highest BCUT2D eigenvalue weighted by molar-refractivity contribution is 7.92. The maximum Gasteiger partial charge on any atom is 0.261 e. The van der Waals surface area contributed by atoms with Gasteiger partial charge < -0.3 is 4.74 Å². The summed E-state index contributed by atoms with van der Waals surface area (Å²) >= 11 is 0. The fourth-order valence-electron chi connectivity index (χ4n) is 2.74. The van der Waals surface area contributed by atoms with E-state index in [0.717, 1.165) is 6.07 Å². The summed E-state index contributed by atoms with van der Waals surface area (Å²) < 4.78 is 58.9. The van der Waals surface area contributed by atoms with Crippen LogP contribution in [0.4, 0.5) is 0 Å². The number of sulfone groups is 1. The van der Waals surface area contributed by atoms with Gasteiger partial charge in [-0.15, -0.1) is 0 Å². The molecule has 0 unspecified atom stereocenters. The molecule has 1 aliphatic rings. The molecule has 0 saturated carbocycles. The van der Waals surface area contributed by atoms with Crippen molar-refractivity contribution in [3.05, 3.63) is 42.5 Å². The minimum absolute atomic E-state index is 0.00570. The number of ether oxygens (including phenoxy) is 1. The Kier molecular flexibility index (Phi) is 5.19. The van der Waals surface area contributed by atoms with Gasteiger partial charge in [-0.1, -0.05) is 26.0 Å². The van der Waals surface area contributed by atoms with Crippen molar-refractivity contribution >= 4 is 25.8 Å². The van der Waals surface area contributed by atoms with Crippen LogP contribution >= 0.6 is 0 Å². The van der Waals surface area contributed by atoms with E-state index < -0.39 is 37.7 Å². The van der Waals surface area contributed by atoms with E-state index in [1.165, 1.54) is 35.8 Å². The van der Waals surface area contributed by atoms with Crippen LogP contribution in [-0.4, -0.2) is 34.0 Å². The van der Waals surface area contributed by atoms with E-state index in [1.807, 2.05) is 0 Å². The second-order valence-corrected chi connectivity index (χ2v) is 10.1. The molecule has 0 fully saturated rings. The van der Waals surface area contributed by atoms with Crippen LogP contribution < -0.4 is 14.9 Å². The Labute approximate surface area is 162 Å². The SMILES string of the molecule is CC(C)[C@H](NS(=O)(=O)c1ccc2c(c1)S(=O)(=O)c1ccccc1O2)C(=O)NO.